The molecule has 0 aromatic heterocycles. The fourth-order valence-electron chi connectivity index (χ4n) is 1.80. The first-order chi connectivity index (χ1) is 8.08. The largest absolute Gasteiger partial charge is 0.495 e. The number of rotatable bonds is 6. The summed E-state index contributed by atoms with van der Waals surface area (Å²) in [5, 5.41) is 9.75. The SMILES string of the molecule is COc1ccc(C)cc1N(C)CC(O)CCN. The predicted molar refractivity (Wildman–Crippen MR) is 70.7 cm³/mol. The van der Waals surface area contributed by atoms with E-state index >= 15 is 0 Å². The second-order valence-electron chi connectivity index (χ2n) is 4.29. The van der Waals surface area contributed by atoms with Gasteiger partial charge in [0.25, 0.3) is 0 Å². The van der Waals surface area contributed by atoms with Gasteiger partial charge in [0, 0.05) is 13.6 Å². The summed E-state index contributed by atoms with van der Waals surface area (Å²) in [7, 11) is 3.59. The molecular weight excluding hydrogens is 216 g/mol. The van der Waals surface area contributed by atoms with Crippen molar-refractivity contribution in [3.8, 4) is 5.75 Å². The summed E-state index contributed by atoms with van der Waals surface area (Å²) in [4.78, 5) is 1.99. The van der Waals surface area contributed by atoms with Gasteiger partial charge in [-0.1, -0.05) is 6.07 Å². The number of hydrogen-bond donors (Lipinski definition) is 2. The van der Waals surface area contributed by atoms with Gasteiger partial charge in [0.2, 0.25) is 0 Å². The molecule has 1 unspecified atom stereocenters. The zero-order valence-corrected chi connectivity index (χ0v) is 10.8. The fraction of sp³-hybridized carbons (Fsp3) is 0.538. The summed E-state index contributed by atoms with van der Waals surface area (Å²) in [6.07, 6.45) is 0.202. The third-order valence-corrected chi connectivity index (χ3v) is 2.73. The van der Waals surface area contributed by atoms with Crippen LogP contribution in [0.5, 0.6) is 5.75 Å². The van der Waals surface area contributed by atoms with Crippen LogP contribution >= 0.6 is 0 Å². The van der Waals surface area contributed by atoms with Crippen LogP contribution in [0.1, 0.15) is 12.0 Å². The summed E-state index contributed by atoms with van der Waals surface area (Å²) in [5.41, 5.74) is 7.58. The molecule has 96 valence electrons. The fourth-order valence-corrected chi connectivity index (χ4v) is 1.80. The lowest BCUT2D eigenvalue weighted by Gasteiger charge is -2.24. The normalized spacial score (nSPS) is 12.3. The zero-order chi connectivity index (χ0) is 12.8. The van der Waals surface area contributed by atoms with Crippen molar-refractivity contribution in [2.24, 2.45) is 5.73 Å². The van der Waals surface area contributed by atoms with Crippen molar-refractivity contribution in [3.63, 3.8) is 0 Å². The number of aliphatic hydroxyl groups is 1. The van der Waals surface area contributed by atoms with Crippen molar-refractivity contribution >= 4 is 5.69 Å². The lowest BCUT2D eigenvalue weighted by molar-refractivity contribution is 0.174. The Morgan fingerprint density at radius 3 is 2.76 bits per heavy atom. The molecule has 1 aromatic rings. The number of hydrogen-bond acceptors (Lipinski definition) is 4. The minimum absolute atomic E-state index is 0.407. The molecule has 0 aliphatic rings. The Bertz CT molecular complexity index is 355. The maximum absolute atomic E-state index is 9.75. The lowest BCUT2D eigenvalue weighted by atomic mass is 10.1. The molecule has 0 radical (unpaired) electrons. The molecule has 0 aliphatic carbocycles. The monoisotopic (exact) mass is 238 g/mol. The average Bonchev–Trinajstić information content (AvgIpc) is 2.29. The van der Waals surface area contributed by atoms with Gasteiger partial charge in [0.1, 0.15) is 5.75 Å². The number of benzene rings is 1. The molecule has 3 N–H and O–H groups in total. The summed E-state index contributed by atoms with van der Waals surface area (Å²) < 4.78 is 5.32. The van der Waals surface area contributed by atoms with Gasteiger partial charge in [-0.25, -0.2) is 0 Å². The van der Waals surface area contributed by atoms with E-state index in [0.717, 1.165) is 11.4 Å². The number of aliphatic hydroxyl groups excluding tert-OH is 1. The second kappa shape index (κ2) is 6.47. The molecule has 1 rings (SSSR count). The van der Waals surface area contributed by atoms with E-state index in [1.165, 1.54) is 5.56 Å². The van der Waals surface area contributed by atoms with E-state index in [-0.39, 0.29) is 0 Å². The van der Waals surface area contributed by atoms with Crippen molar-refractivity contribution in [1.29, 1.82) is 0 Å². The first kappa shape index (κ1) is 13.8. The van der Waals surface area contributed by atoms with Gasteiger partial charge >= 0.3 is 0 Å². The van der Waals surface area contributed by atoms with E-state index in [1.54, 1.807) is 7.11 Å². The molecule has 0 fully saturated rings. The minimum atomic E-state index is -0.407. The van der Waals surface area contributed by atoms with E-state index < -0.39 is 6.10 Å². The molecule has 0 saturated heterocycles. The zero-order valence-electron chi connectivity index (χ0n) is 10.8. The Morgan fingerprint density at radius 1 is 1.47 bits per heavy atom. The predicted octanol–water partition coefficient (Wildman–Crippen LogP) is 1.15. The average molecular weight is 238 g/mol. The standard InChI is InChI=1S/C13H22N2O2/c1-10-4-5-13(17-3)12(8-10)15(2)9-11(16)6-7-14/h4-5,8,11,16H,6-7,9,14H2,1-3H3. The molecule has 0 aliphatic heterocycles. The Labute approximate surface area is 103 Å². The number of likely N-dealkylation sites (N-methyl/N-ethyl adjacent to an activating group) is 1. The molecule has 4 nitrogen and oxygen atoms in total. The van der Waals surface area contributed by atoms with Gasteiger partial charge in [-0.05, 0) is 37.6 Å². The van der Waals surface area contributed by atoms with Crippen molar-refractivity contribution in [3.05, 3.63) is 23.8 Å². The topological polar surface area (TPSA) is 58.7 Å². The van der Waals surface area contributed by atoms with E-state index in [9.17, 15) is 5.11 Å². The van der Waals surface area contributed by atoms with Crippen molar-refractivity contribution in [2.45, 2.75) is 19.4 Å². The maximum atomic E-state index is 9.75. The molecule has 0 amide bonds. The van der Waals surface area contributed by atoms with Crippen molar-refractivity contribution in [2.75, 3.05) is 32.1 Å². The molecule has 4 heteroatoms. The van der Waals surface area contributed by atoms with Crippen LogP contribution in [0.3, 0.4) is 0 Å². The first-order valence-corrected chi connectivity index (χ1v) is 5.82. The van der Waals surface area contributed by atoms with Crippen LogP contribution in [0.4, 0.5) is 5.69 Å². The van der Waals surface area contributed by atoms with Crippen LogP contribution in [0.2, 0.25) is 0 Å². The molecular formula is C13H22N2O2. The number of anilines is 1. The quantitative estimate of drug-likeness (QED) is 0.780. The number of nitrogens with zero attached hydrogens (tertiary/aromatic N) is 1. The molecule has 0 heterocycles. The summed E-state index contributed by atoms with van der Waals surface area (Å²) in [6, 6.07) is 6.00. The highest BCUT2D eigenvalue weighted by Gasteiger charge is 2.12. The van der Waals surface area contributed by atoms with E-state index in [2.05, 4.69) is 0 Å². The van der Waals surface area contributed by atoms with Crippen molar-refractivity contribution < 1.29 is 9.84 Å². The number of methoxy groups -OCH3 is 1. The molecule has 1 atom stereocenters. The molecule has 1 aromatic carbocycles. The van der Waals surface area contributed by atoms with Gasteiger partial charge in [0.05, 0.1) is 18.9 Å². The van der Waals surface area contributed by atoms with Gasteiger partial charge in [0.15, 0.2) is 0 Å². The van der Waals surface area contributed by atoms with Gasteiger partial charge in [-0.3, -0.25) is 0 Å². The van der Waals surface area contributed by atoms with Crippen LogP contribution in [0.25, 0.3) is 0 Å². The maximum Gasteiger partial charge on any atom is 0.142 e. The number of nitrogens with two attached hydrogens (primary N) is 1. The first-order valence-electron chi connectivity index (χ1n) is 5.82. The van der Waals surface area contributed by atoms with Gasteiger partial charge in [-0.15, -0.1) is 0 Å². The molecule has 0 bridgehead atoms. The van der Waals surface area contributed by atoms with E-state index in [0.29, 0.717) is 19.5 Å². The second-order valence-corrected chi connectivity index (χ2v) is 4.29. The number of aryl methyl sites for hydroxylation is 1. The molecule has 0 saturated carbocycles. The highest BCUT2D eigenvalue weighted by atomic mass is 16.5. The summed E-state index contributed by atoms with van der Waals surface area (Å²) >= 11 is 0. The summed E-state index contributed by atoms with van der Waals surface area (Å²) in [5.74, 6) is 0.818. The third kappa shape index (κ3) is 3.91. The number of ether oxygens (including phenoxy) is 1. The Balaban J connectivity index is 2.79. The third-order valence-electron chi connectivity index (χ3n) is 2.73. The lowest BCUT2D eigenvalue weighted by Crippen LogP contribution is -2.30. The smallest absolute Gasteiger partial charge is 0.142 e. The van der Waals surface area contributed by atoms with Crippen molar-refractivity contribution in [1.82, 2.24) is 0 Å². The molecule has 17 heavy (non-hydrogen) atoms. The van der Waals surface area contributed by atoms with Crippen LogP contribution in [0.15, 0.2) is 18.2 Å². The van der Waals surface area contributed by atoms with Gasteiger partial charge < -0.3 is 20.5 Å². The van der Waals surface area contributed by atoms with Crippen LogP contribution in [-0.2, 0) is 0 Å². The Morgan fingerprint density at radius 2 is 2.18 bits per heavy atom. The van der Waals surface area contributed by atoms with E-state index in [4.69, 9.17) is 10.5 Å². The molecule has 0 spiro atoms. The van der Waals surface area contributed by atoms with Crippen LogP contribution < -0.4 is 15.4 Å². The van der Waals surface area contributed by atoms with Crippen LogP contribution in [-0.4, -0.2) is 38.5 Å². The van der Waals surface area contributed by atoms with Crippen LogP contribution in [0, 0.1) is 6.92 Å². The summed E-state index contributed by atoms with van der Waals surface area (Å²) in [6.45, 7) is 3.09. The Hall–Kier alpha value is -1.26. The highest BCUT2D eigenvalue weighted by molar-refractivity contribution is 5.59. The Kier molecular flexibility index (Phi) is 5.25. The van der Waals surface area contributed by atoms with E-state index in [1.807, 2.05) is 37.1 Å². The van der Waals surface area contributed by atoms with Gasteiger partial charge in [-0.2, -0.15) is 0 Å². The minimum Gasteiger partial charge on any atom is -0.495 e. The highest BCUT2D eigenvalue weighted by Crippen LogP contribution is 2.28.